The van der Waals surface area contributed by atoms with Crippen molar-refractivity contribution in [3.05, 3.63) is 101 Å². The molecule has 2 amide bonds. The SMILES string of the molecule is CCNC(=O)[C@@H](Cc1ccccc1)N(Cc1ccc(Cl)cc1)C(=O)COc1ccc(CC)cc1. The van der Waals surface area contributed by atoms with Crippen molar-refractivity contribution in [1.82, 2.24) is 10.2 Å². The third-order valence-electron chi connectivity index (χ3n) is 5.58. The zero-order chi connectivity index (χ0) is 24.3. The summed E-state index contributed by atoms with van der Waals surface area (Å²) in [7, 11) is 0. The van der Waals surface area contributed by atoms with Gasteiger partial charge in [0.2, 0.25) is 5.91 Å². The molecule has 6 heteroatoms. The zero-order valence-electron chi connectivity index (χ0n) is 19.7. The van der Waals surface area contributed by atoms with E-state index in [9.17, 15) is 9.59 Å². The van der Waals surface area contributed by atoms with Crippen LogP contribution in [0.2, 0.25) is 5.02 Å². The van der Waals surface area contributed by atoms with Gasteiger partial charge in [-0.05, 0) is 54.3 Å². The lowest BCUT2D eigenvalue weighted by Crippen LogP contribution is -2.51. The highest BCUT2D eigenvalue weighted by Gasteiger charge is 2.30. The van der Waals surface area contributed by atoms with E-state index in [2.05, 4.69) is 12.2 Å². The lowest BCUT2D eigenvalue weighted by atomic mass is 10.0. The van der Waals surface area contributed by atoms with E-state index in [1.165, 1.54) is 5.56 Å². The minimum Gasteiger partial charge on any atom is -0.484 e. The van der Waals surface area contributed by atoms with Crippen LogP contribution in [0.15, 0.2) is 78.9 Å². The number of halogens is 1. The Morgan fingerprint density at radius 3 is 2.15 bits per heavy atom. The Labute approximate surface area is 206 Å². The second-order valence-electron chi connectivity index (χ2n) is 8.03. The molecular formula is C28H31ClN2O3. The largest absolute Gasteiger partial charge is 0.484 e. The molecule has 3 aromatic rings. The van der Waals surface area contributed by atoms with Crippen molar-refractivity contribution >= 4 is 23.4 Å². The van der Waals surface area contributed by atoms with Crippen LogP contribution in [0.5, 0.6) is 5.75 Å². The first kappa shape index (κ1) is 25.3. The van der Waals surface area contributed by atoms with Gasteiger partial charge in [-0.1, -0.05) is 73.1 Å². The molecule has 1 N–H and O–H groups in total. The van der Waals surface area contributed by atoms with Crippen LogP contribution in [0.1, 0.15) is 30.5 Å². The molecule has 0 heterocycles. The Morgan fingerprint density at radius 1 is 0.882 bits per heavy atom. The van der Waals surface area contributed by atoms with Gasteiger partial charge in [-0.2, -0.15) is 0 Å². The van der Waals surface area contributed by atoms with Gasteiger partial charge in [-0.25, -0.2) is 0 Å². The molecule has 5 nitrogen and oxygen atoms in total. The molecule has 0 bridgehead atoms. The molecule has 178 valence electrons. The zero-order valence-corrected chi connectivity index (χ0v) is 20.4. The normalized spacial score (nSPS) is 11.5. The van der Waals surface area contributed by atoms with Crippen molar-refractivity contribution < 1.29 is 14.3 Å². The van der Waals surface area contributed by atoms with Crippen LogP contribution in [0, 0.1) is 0 Å². The van der Waals surface area contributed by atoms with Crippen LogP contribution in [0.4, 0.5) is 0 Å². The van der Waals surface area contributed by atoms with Crippen molar-refractivity contribution in [3.8, 4) is 5.75 Å². The maximum atomic E-state index is 13.4. The number of nitrogens with one attached hydrogen (secondary N) is 1. The first-order valence-electron chi connectivity index (χ1n) is 11.6. The number of amides is 2. The summed E-state index contributed by atoms with van der Waals surface area (Å²) in [5, 5.41) is 3.50. The summed E-state index contributed by atoms with van der Waals surface area (Å²) >= 11 is 6.05. The number of hydrogen-bond donors (Lipinski definition) is 1. The van der Waals surface area contributed by atoms with Gasteiger partial charge in [-0.15, -0.1) is 0 Å². The van der Waals surface area contributed by atoms with E-state index in [0.717, 1.165) is 17.5 Å². The molecule has 1 atom stereocenters. The summed E-state index contributed by atoms with van der Waals surface area (Å²) in [6.45, 7) is 4.54. The topological polar surface area (TPSA) is 58.6 Å². The van der Waals surface area contributed by atoms with E-state index in [-0.39, 0.29) is 25.0 Å². The van der Waals surface area contributed by atoms with Gasteiger partial charge in [0.05, 0.1) is 0 Å². The van der Waals surface area contributed by atoms with E-state index in [0.29, 0.717) is 23.7 Å². The lowest BCUT2D eigenvalue weighted by Gasteiger charge is -2.31. The number of carbonyl (C=O) groups excluding carboxylic acids is 2. The summed E-state index contributed by atoms with van der Waals surface area (Å²) in [6.07, 6.45) is 1.33. The minimum atomic E-state index is -0.684. The Balaban J connectivity index is 1.85. The number of nitrogens with zero attached hydrogens (tertiary/aromatic N) is 1. The van der Waals surface area contributed by atoms with Gasteiger partial charge in [0, 0.05) is 24.5 Å². The Hall–Kier alpha value is -3.31. The van der Waals surface area contributed by atoms with Crippen LogP contribution < -0.4 is 10.1 Å². The molecule has 0 saturated heterocycles. The van der Waals surface area contributed by atoms with Crippen LogP contribution >= 0.6 is 11.6 Å². The van der Waals surface area contributed by atoms with Crippen LogP contribution in [0.3, 0.4) is 0 Å². The molecule has 0 aliphatic rings. The van der Waals surface area contributed by atoms with Gasteiger partial charge in [0.1, 0.15) is 11.8 Å². The molecule has 34 heavy (non-hydrogen) atoms. The third kappa shape index (κ3) is 7.35. The number of ether oxygens (including phenoxy) is 1. The van der Waals surface area contributed by atoms with Crippen molar-refractivity contribution in [2.24, 2.45) is 0 Å². The number of aryl methyl sites for hydroxylation is 1. The van der Waals surface area contributed by atoms with Gasteiger partial charge in [0.25, 0.3) is 5.91 Å². The first-order valence-corrected chi connectivity index (χ1v) is 11.9. The van der Waals surface area contributed by atoms with Crippen LogP contribution in [-0.2, 0) is 29.0 Å². The molecule has 0 aliphatic heterocycles. The van der Waals surface area contributed by atoms with Crippen molar-refractivity contribution in [1.29, 1.82) is 0 Å². The van der Waals surface area contributed by atoms with Crippen molar-refractivity contribution in [2.75, 3.05) is 13.2 Å². The monoisotopic (exact) mass is 478 g/mol. The average Bonchev–Trinajstić information content (AvgIpc) is 2.87. The average molecular weight is 479 g/mol. The summed E-state index contributed by atoms with van der Waals surface area (Å²) in [6, 6.07) is 24.0. The number of benzene rings is 3. The van der Waals surface area contributed by atoms with E-state index >= 15 is 0 Å². The first-order chi connectivity index (χ1) is 16.5. The predicted molar refractivity (Wildman–Crippen MR) is 136 cm³/mol. The molecule has 0 fully saturated rings. The summed E-state index contributed by atoms with van der Waals surface area (Å²) < 4.78 is 5.80. The molecule has 0 spiro atoms. The molecule has 0 radical (unpaired) electrons. The molecule has 0 unspecified atom stereocenters. The molecule has 0 saturated carbocycles. The maximum absolute atomic E-state index is 13.4. The summed E-state index contributed by atoms with van der Waals surface area (Å²) in [5.41, 5.74) is 3.05. The van der Waals surface area contributed by atoms with Crippen molar-refractivity contribution in [2.45, 2.75) is 39.3 Å². The van der Waals surface area contributed by atoms with Gasteiger partial charge >= 0.3 is 0 Å². The van der Waals surface area contributed by atoms with Gasteiger partial charge in [0.15, 0.2) is 6.61 Å². The highest BCUT2D eigenvalue weighted by molar-refractivity contribution is 6.30. The standard InChI is InChI=1S/C28H31ClN2O3/c1-3-21-12-16-25(17-13-21)34-20-27(32)31(19-23-10-14-24(29)15-11-23)26(28(33)30-4-2)18-22-8-6-5-7-9-22/h5-17,26H,3-4,18-20H2,1-2H3,(H,30,33)/t26-/m1/s1. The summed E-state index contributed by atoms with van der Waals surface area (Å²) in [5.74, 6) is 0.164. The Morgan fingerprint density at radius 2 is 1.53 bits per heavy atom. The van der Waals surface area contributed by atoms with Gasteiger partial charge < -0.3 is 15.0 Å². The van der Waals surface area contributed by atoms with E-state index in [4.69, 9.17) is 16.3 Å². The summed E-state index contributed by atoms with van der Waals surface area (Å²) in [4.78, 5) is 28.2. The molecule has 3 rings (SSSR count). The minimum absolute atomic E-state index is 0.163. The van der Waals surface area contributed by atoms with Crippen LogP contribution in [-0.4, -0.2) is 35.9 Å². The second-order valence-corrected chi connectivity index (χ2v) is 8.47. The lowest BCUT2D eigenvalue weighted by molar-refractivity contribution is -0.142. The highest BCUT2D eigenvalue weighted by Crippen LogP contribution is 2.18. The predicted octanol–water partition coefficient (Wildman–Crippen LogP) is 5.06. The fourth-order valence-corrected chi connectivity index (χ4v) is 3.81. The Kier molecular flexibility index (Phi) is 9.53. The van der Waals surface area contributed by atoms with Crippen molar-refractivity contribution in [3.63, 3.8) is 0 Å². The van der Waals surface area contributed by atoms with Gasteiger partial charge in [-0.3, -0.25) is 9.59 Å². The molecule has 0 aromatic heterocycles. The molecule has 0 aliphatic carbocycles. The van der Waals surface area contributed by atoms with E-state index in [1.807, 2.05) is 73.7 Å². The fourth-order valence-electron chi connectivity index (χ4n) is 3.68. The smallest absolute Gasteiger partial charge is 0.261 e. The highest BCUT2D eigenvalue weighted by atomic mass is 35.5. The maximum Gasteiger partial charge on any atom is 0.261 e. The number of hydrogen-bond acceptors (Lipinski definition) is 3. The molecule has 3 aromatic carbocycles. The van der Waals surface area contributed by atoms with E-state index in [1.54, 1.807) is 17.0 Å². The fraction of sp³-hybridized carbons (Fsp3) is 0.286. The number of carbonyl (C=O) groups is 2. The number of rotatable bonds is 11. The van der Waals surface area contributed by atoms with Crippen LogP contribution in [0.25, 0.3) is 0 Å². The number of likely N-dealkylation sites (N-methyl/N-ethyl adjacent to an activating group) is 1. The quantitative estimate of drug-likeness (QED) is 0.419. The second kappa shape index (κ2) is 12.8. The third-order valence-corrected chi connectivity index (χ3v) is 5.83. The molecular weight excluding hydrogens is 448 g/mol. The Bertz CT molecular complexity index is 1050. The van der Waals surface area contributed by atoms with E-state index < -0.39 is 6.04 Å².